The van der Waals surface area contributed by atoms with Crippen LogP contribution in [0.1, 0.15) is 19.4 Å². The van der Waals surface area contributed by atoms with Gasteiger partial charge in [0.25, 0.3) is 0 Å². The fraction of sp³-hybridized carbons (Fsp3) is 0.625. The van der Waals surface area contributed by atoms with Gasteiger partial charge in [-0.05, 0) is 38.0 Å². The van der Waals surface area contributed by atoms with Gasteiger partial charge in [-0.15, -0.1) is 0 Å². The molecule has 0 heterocycles. The van der Waals surface area contributed by atoms with Crippen molar-refractivity contribution in [1.82, 2.24) is 0 Å². The topological polar surface area (TPSA) is 68.2 Å². The van der Waals surface area contributed by atoms with Gasteiger partial charge in [0.2, 0.25) is 0 Å². The molecular weight excluding hydrogens is 272 g/mol. The normalized spacial score (nSPS) is 15.5. The summed E-state index contributed by atoms with van der Waals surface area (Å²) in [6.07, 6.45) is -0.468. The number of hydrogen-bond donors (Lipinski definition) is 2. The molecule has 0 aliphatic rings. The van der Waals surface area contributed by atoms with E-state index >= 15 is 0 Å². The molecule has 21 heavy (non-hydrogen) atoms. The highest BCUT2D eigenvalue weighted by Gasteiger charge is 2.09. The summed E-state index contributed by atoms with van der Waals surface area (Å²) in [5.74, 6) is 0.688. The summed E-state index contributed by atoms with van der Waals surface area (Å²) in [6, 6.07) is 7.48. The highest BCUT2D eigenvalue weighted by atomic mass is 16.5. The molecule has 0 bridgehead atoms. The van der Waals surface area contributed by atoms with Crippen molar-refractivity contribution < 1.29 is 24.4 Å². The Bertz CT molecular complexity index is 377. The van der Waals surface area contributed by atoms with Crippen molar-refractivity contribution in [2.24, 2.45) is 0 Å². The highest BCUT2D eigenvalue weighted by molar-refractivity contribution is 5.27. The van der Waals surface area contributed by atoms with E-state index in [0.717, 1.165) is 5.56 Å². The number of ether oxygens (including phenoxy) is 3. The lowest BCUT2D eigenvalue weighted by molar-refractivity contribution is -0.0423. The number of hydrogen-bond acceptors (Lipinski definition) is 5. The van der Waals surface area contributed by atoms with Gasteiger partial charge >= 0.3 is 0 Å². The lowest BCUT2D eigenvalue weighted by atomic mass is 10.1. The fourth-order valence-corrected chi connectivity index (χ4v) is 1.86. The maximum atomic E-state index is 9.78. The van der Waals surface area contributed by atoms with Gasteiger partial charge in [-0.25, -0.2) is 0 Å². The monoisotopic (exact) mass is 298 g/mol. The first kappa shape index (κ1) is 17.9. The Morgan fingerprint density at radius 1 is 1.00 bits per heavy atom. The maximum Gasteiger partial charge on any atom is 0.119 e. The van der Waals surface area contributed by atoms with E-state index in [-0.39, 0.29) is 25.4 Å². The summed E-state index contributed by atoms with van der Waals surface area (Å²) < 4.78 is 15.9. The molecule has 0 amide bonds. The minimum Gasteiger partial charge on any atom is -0.491 e. The molecule has 0 radical (unpaired) electrons. The molecule has 0 aromatic heterocycles. The Kier molecular flexibility index (Phi) is 8.30. The van der Waals surface area contributed by atoms with Crippen molar-refractivity contribution in [3.05, 3.63) is 29.8 Å². The van der Waals surface area contributed by atoms with Crippen molar-refractivity contribution in [2.75, 3.05) is 26.9 Å². The van der Waals surface area contributed by atoms with Gasteiger partial charge < -0.3 is 24.4 Å². The smallest absolute Gasteiger partial charge is 0.119 e. The van der Waals surface area contributed by atoms with Gasteiger partial charge in [0.05, 0.1) is 25.4 Å². The van der Waals surface area contributed by atoms with Gasteiger partial charge in [-0.3, -0.25) is 0 Å². The van der Waals surface area contributed by atoms with Crippen LogP contribution in [0.15, 0.2) is 24.3 Å². The predicted molar refractivity (Wildman–Crippen MR) is 80.6 cm³/mol. The number of methoxy groups -OCH3 is 1. The second kappa shape index (κ2) is 9.73. The van der Waals surface area contributed by atoms with E-state index in [2.05, 4.69) is 0 Å². The molecule has 0 aliphatic carbocycles. The number of aliphatic hydroxyl groups excluding tert-OH is 2. The van der Waals surface area contributed by atoms with Crippen molar-refractivity contribution in [3.63, 3.8) is 0 Å². The minimum absolute atomic E-state index is 0.0515. The SMILES string of the molecule is COCC(C)OCC(O)COc1ccc(CC(C)O)cc1. The van der Waals surface area contributed by atoms with Crippen LogP contribution in [-0.2, 0) is 15.9 Å². The summed E-state index contributed by atoms with van der Waals surface area (Å²) in [5, 5.41) is 19.1. The van der Waals surface area contributed by atoms with E-state index in [9.17, 15) is 10.2 Å². The molecule has 5 nitrogen and oxygen atoms in total. The van der Waals surface area contributed by atoms with Crippen LogP contribution in [0.5, 0.6) is 5.75 Å². The second-order valence-electron chi connectivity index (χ2n) is 5.26. The van der Waals surface area contributed by atoms with Crippen LogP contribution in [0.25, 0.3) is 0 Å². The van der Waals surface area contributed by atoms with Crippen LogP contribution in [0, 0.1) is 0 Å². The van der Waals surface area contributed by atoms with Crippen molar-refractivity contribution in [2.45, 2.75) is 38.6 Å². The molecular formula is C16H26O5. The van der Waals surface area contributed by atoms with Gasteiger partial charge in [0.15, 0.2) is 0 Å². The van der Waals surface area contributed by atoms with Gasteiger partial charge in [0, 0.05) is 7.11 Å². The van der Waals surface area contributed by atoms with Crippen molar-refractivity contribution >= 4 is 0 Å². The zero-order chi connectivity index (χ0) is 15.7. The van der Waals surface area contributed by atoms with E-state index in [1.54, 1.807) is 14.0 Å². The van der Waals surface area contributed by atoms with Gasteiger partial charge in [0.1, 0.15) is 18.5 Å². The van der Waals surface area contributed by atoms with Crippen LogP contribution in [0.3, 0.4) is 0 Å². The number of benzene rings is 1. The lowest BCUT2D eigenvalue weighted by Gasteiger charge is -2.16. The number of aliphatic hydroxyl groups is 2. The molecule has 0 saturated carbocycles. The van der Waals surface area contributed by atoms with Crippen LogP contribution in [0.4, 0.5) is 0 Å². The van der Waals surface area contributed by atoms with Crippen LogP contribution in [-0.4, -0.2) is 55.5 Å². The molecule has 3 unspecified atom stereocenters. The molecule has 120 valence electrons. The molecule has 0 fully saturated rings. The molecule has 0 aliphatic heterocycles. The third-order valence-corrected chi connectivity index (χ3v) is 2.87. The summed E-state index contributed by atoms with van der Waals surface area (Å²) in [7, 11) is 1.61. The molecule has 0 spiro atoms. The minimum atomic E-state index is -0.679. The molecule has 1 aromatic rings. The third-order valence-electron chi connectivity index (χ3n) is 2.87. The molecule has 2 N–H and O–H groups in total. The van der Waals surface area contributed by atoms with Crippen molar-refractivity contribution in [3.8, 4) is 5.75 Å². The zero-order valence-corrected chi connectivity index (χ0v) is 13.0. The Labute approximate surface area is 126 Å². The fourth-order valence-electron chi connectivity index (χ4n) is 1.86. The quantitative estimate of drug-likeness (QED) is 0.683. The molecule has 1 rings (SSSR count). The van der Waals surface area contributed by atoms with E-state index < -0.39 is 6.10 Å². The maximum absolute atomic E-state index is 9.78. The Morgan fingerprint density at radius 2 is 1.67 bits per heavy atom. The summed E-state index contributed by atoms with van der Waals surface area (Å²) >= 11 is 0. The van der Waals surface area contributed by atoms with E-state index in [0.29, 0.717) is 18.8 Å². The first-order valence-electron chi connectivity index (χ1n) is 7.19. The summed E-state index contributed by atoms with van der Waals surface area (Å²) in [6.45, 7) is 4.53. The van der Waals surface area contributed by atoms with E-state index in [4.69, 9.17) is 14.2 Å². The number of rotatable bonds is 10. The standard InChI is InChI=1S/C16H26O5/c1-12(17)8-14-4-6-16(7-5-14)21-11-15(18)10-20-13(2)9-19-3/h4-7,12-13,15,17-18H,8-11H2,1-3H3. The van der Waals surface area contributed by atoms with E-state index in [1.165, 1.54) is 0 Å². The zero-order valence-electron chi connectivity index (χ0n) is 13.0. The summed E-state index contributed by atoms with van der Waals surface area (Å²) in [5.41, 5.74) is 1.05. The Morgan fingerprint density at radius 3 is 2.24 bits per heavy atom. The lowest BCUT2D eigenvalue weighted by Crippen LogP contribution is -2.27. The molecule has 3 atom stereocenters. The predicted octanol–water partition coefficient (Wildman–Crippen LogP) is 1.40. The highest BCUT2D eigenvalue weighted by Crippen LogP contribution is 2.13. The van der Waals surface area contributed by atoms with Crippen LogP contribution in [0.2, 0.25) is 0 Å². The van der Waals surface area contributed by atoms with E-state index in [1.807, 2.05) is 31.2 Å². The Balaban J connectivity index is 2.27. The Hall–Kier alpha value is -1.14. The van der Waals surface area contributed by atoms with Crippen molar-refractivity contribution in [1.29, 1.82) is 0 Å². The molecule has 5 heteroatoms. The first-order valence-corrected chi connectivity index (χ1v) is 7.19. The molecule has 0 saturated heterocycles. The van der Waals surface area contributed by atoms with Gasteiger partial charge in [-0.1, -0.05) is 12.1 Å². The average molecular weight is 298 g/mol. The average Bonchev–Trinajstić information content (AvgIpc) is 2.44. The van der Waals surface area contributed by atoms with Crippen LogP contribution < -0.4 is 4.74 Å². The van der Waals surface area contributed by atoms with Crippen LogP contribution >= 0.6 is 0 Å². The van der Waals surface area contributed by atoms with Gasteiger partial charge in [-0.2, -0.15) is 0 Å². The summed E-state index contributed by atoms with van der Waals surface area (Å²) in [4.78, 5) is 0. The second-order valence-corrected chi connectivity index (χ2v) is 5.26. The largest absolute Gasteiger partial charge is 0.491 e. The third kappa shape index (κ3) is 8.02. The molecule has 1 aromatic carbocycles. The first-order chi connectivity index (χ1) is 10.0.